The van der Waals surface area contributed by atoms with E-state index in [0.717, 1.165) is 31.2 Å². The molecule has 1 aliphatic heterocycles. The van der Waals surface area contributed by atoms with Gasteiger partial charge in [-0.3, -0.25) is 4.90 Å². The van der Waals surface area contributed by atoms with Crippen molar-refractivity contribution in [2.75, 3.05) is 39.5 Å². The monoisotopic (exact) mass is 277 g/mol. The van der Waals surface area contributed by atoms with E-state index in [1.54, 1.807) is 0 Å². The SMILES string of the molecule is CN1CCCN(C)C(c2nc(N)cc(C(C)(C)C)n2)C1. The van der Waals surface area contributed by atoms with Crippen LogP contribution in [0.25, 0.3) is 0 Å². The van der Waals surface area contributed by atoms with Crippen LogP contribution in [0.5, 0.6) is 0 Å². The molecule has 1 fully saturated rings. The van der Waals surface area contributed by atoms with Crippen molar-refractivity contribution < 1.29 is 0 Å². The van der Waals surface area contributed by atoms with Crippen molar-refractivity contribution in [3.05, 3.63) is 17.6 Å². The Morgan fingerprint density at radius 3 is 2.55 bits per heavy atom. The molecule has 0 aromatic carbocycles. The fourth-order valence-electron chi connectivity index (χ4n) is 2.57. The molecular weight excluding hydrogens is 250 g/mol. The van der Waals surface area contributed by atoms with Crippen molar-refractivity contribution >= 4 is 5.82 Å². The Morgan fingerprint density at radius 1 is 1.20 bits per heavy atom. The summed E-state index contributed by atoms with van der Waals surface area (Å²) in [6.07, 6.45) is 1.18. The van der Waals surface area contributed by atoms with Crippen molar-refractivity contribution in [1.29, 1.82) is 0 Å². The van der Waals surface area contributed by atoms with Gasteiger partial charge in [0.1, 0.15) is 11.6 Å². The summed E-state index contributed by atoms with van der Waals surface area (Å²) in [6, 6.07) is 2.11. The minimum atomic E-state index is -0.0129. The number of rotatable bonds is 1. The first kappa shape index (κ1) is 15.2. The van der Waals surface area contributed by atoms with Crippen LogP contribution in [0.3, 0.4) is 0 Å². The van der Waals surface area contributed by atoms with E-state index < -0.39 is 0 Å². The van der Waals surface area contributed by atoms with Crippen LogP contribution in [0.4, 0.5) is 5.82 Å². The van der Waals surface area contributed by atoms with Gasteiger partial charge in [0.15, 0.2) is 0 Å². The third-order valence-corrected chi connectivity index (χ3v) is 3.90. The number of nitrogen functional groups attached to an aromatic ring is 1. The Labute approximate surface area is 122 Å². The Bertz CT molecular complexity index is 466. The van der Waals surface area contributed by atoms with Crippen molar-refractivity contribution in [1.82, 2.24) is 19.8 Å². The van der Waals surface area contributed by atoms with Crippen LogP contribution < -0.4 is 5.73 Å². The summed E-state index contributed by atoms with van der Waals surface area (Å²) in [4.78, 5) is 14.0. The molecule has 1 aromatic heterocycles. The molecule has 0 bridgehead atoms. The van der Waals surface area contributed by atoms with Crippen LogP contribution in [0.2, 0.25) is 0 Å². The second kappa shape index (κ2) is 5.66. The summed E-state index contributed by atoms with van der Waals surface area (Å²) in [5.74, 6) is 1.42. The number of aromatic nitrogens is 2. The quantitative estimate of drug-likeness (QED) is 0.846. The lowest BCUT2D eigenvalue weighted by Gasteiger charge is -2.27. The van der Waals surface area contributed by atoms with Gasteiger partial charge in [0.05, 0.1) is 11.7 Å². The Morgan fingerprint density at radius 2 is 1.90 bits per heavy atom. The average Bonchev–Trinajstić information content (AvgIpc) is 2.49. The van der Waals surface area contributed by atoms with Gasteiger partial charge in [-0.15, -0.1) is 0 Å². The van der Waals surface area contributed by atoms with Crippen LogP contribution in [0.1, 0.15) is 44.8 Å². The summed E-state index contributed by atoms with van der Waals surface area (Å²) in [7, 11) is 4.30. The fraction of sp³-hybridized carbons (Fsp3) is 0.733. The van der Waals surface area contributed by atoms with E-state index in [1.165, 1.54) is 6.42 Å². The smallest absolute Gasteiger partial charge is 0.149 e. The molecule has 0 aliphatic carbocycles. The van der Waals surface area contributed by atoms with E-state index >= 15 is 0 Å². The summed E-state index contributed by atoms with van der Waals surface area (Å²) in [5.41, 5.74) is 7.00. The number of hydrogen-bond acceptors (Lipinski definition) is 5. The lowest BCUT2D eigenvalue weighted by molar-refractivity contribution is 0.219. The van der Waals surface area contributed by atoms with Crippen molar-refractivity contribution in [3.8, 4) is 0 Å². The number of likely N-dealkylation sites (N-methyl/N-ethyl adjacent to an activating group) is 2. The lowest BCUT2D eigenvalue weighted by atomic mass is 9.92. The molecule has 0 radical (unpaired) electrons. The number of nitrogens with two attached hydrogens (primary N) is 1. The van der Waals surface area contributed by atoms with Gasteiger partial charge >= 0.3 is 0 Å². The molecule has 1 unspecified atom stereocenters. The molecule has 2 N–H and O–H groups in total. The van der Waals surface area contributed by atoms with Crippen LogP contribution >= 0.6 is 0 Å². The molecule has 5 heteroatoms. The normalized spacial score (nSPS) is 22.8. The van der Waals surface area contributed by atoms with Gasteiger partial charge in [-0.2, -0.15) is 0 Å². The third kappa shape index (κ3) is 3.46. The number of hydrogen-bond donors (Lipinski definition) is 1. The van der Waals surface area contributed by atoms with E-state index in [2.05, 4.69) is 49.7 Å². The van der Waals surface area contributed by atoms with Gasteiger partial charge < -0.3 is 10.6 Å². The number of nitrogens with zero attached hydrogens (tertiary/aromatic N) is 4. The molecule has 1 aliphatic rings. The molecule has 2 rings (SSSR count). The van der Waals surface area contributed by atoms with E-state index in [0.29, 0.717) is 5.82 Å². The Balaban J connectivity index is 2.37. The molecule has 1 aromatic rings. The molecule has 5 nitrogen and oxygen atoms in total. The van der Waals surface area contributed by atoms with Gasteiger partial charge in [0.2, 0.25) is 0 Å². The largest absolute Gasteiger partial charge is 0.384 e. The third-order valence-electron chi connectivity index (χ3n) is 3.90. The van der Waals surface area contributed by atoms with E-state index in [1.807, 2.05) is 6.07 Å². The van der Waals surface area contributed by atoms with Gasteiger partial charge in [-0.1, -0.05) is 20.8 Å². The second-order valence-electron chi connectivity index (χ2n) is 6.90. The van der Waals surface area contributed by atoms with E-state index in [-0.39, 0.29) is 11.5 Å². The molecule has 1 atom stereocenters. The highest BCUT2D eigenvalue weighted by atomic mass is 15.2. The molecular formula is C15H27N5. The lowest BCUT2D eigenvalue weighted by Crippen LogP contribution is -2.32. The maximum atomic E-state index is 6.00. The molecule has 2 heterocycles. The van der Waals surface area contributed by atoms with Crippen LogP contribution in [0, 0.1) is 0 Å². The summed E-state index contributed by atoms with van der Waals surface area (Å²) >= 11 is 0. The predicted molar refractivity (Wildman–Crippen MR) is 82.6 cm³/mol. The Hall–Kier alpha value is -1.20. The van der Waals surface area contributed by atoms with Gasteiger partial charge in [0.25, 0.3) is 0 Å². The first-order valence-corrected chi connectivity index (χ1v) is 7.31. The minimum absolute atomic E-state index is 0.0129. The first-order chi connectivity index (χ1) is 9.27. The molecule has 0 amide bonds. The van der Waals surface area contributed by atoms with Gasteiger partial charge in [-0.25, -0.2) is 9.97 Å². The highest BCUT2D eigenvalue weighted by molar-refractivity contribution is 5.33. The highest BCUT2D eigenvalue weighted by Gasteiger charge is 2.26. The van der Waals surface area contributed by atoms with Gasteiger partial charge in [-0.05, 0) is 33.6 Å². The van der Waals surface area contributed by atoms with Crippen LogP contribution in [0.15, 0.2) is 6.07 Å². The van der Waals surface area contributed by atoms with Crippen LogP contribution in [-0.2, 0) is 5.41 Å². The van der Waals surface area contributed by atoms with Crippen LogP contribution in [-0.4, -0.2) is 53.5 Å². The molecule has 0 spiro atoms. The molecule has 112 valence electrons. The Kier molecular flexibility index (Phi) is 4.30. The van der Waals surface area contributed by atoms with E-state index in [4.69, 9.17) is 10.7 Å². The first-order valence-electron chi connectivity index (χ1n) is 7.31. The van der Waals surface area contributed by atoms with Gasteiger partial charge in [0, 0.05) is 18.0 Å². The standard InChI is InChI=1S/C15H27N5/c1-15(2,3)12-9-13(16)18-14(17-12)11-10-19(4)7-6-8-20(11)5/h9,11H,6-8,10H2,1-5H3,(H2,16,17,18). The highest BCUT2D eigenvalue weighted by Crippen LogP contribution is 2.26. The summed E-state index contributed by atoms with van der Waals surface area (Å²) in [5, 5.41) is 0. The maximum Gasteiger partial charge on any atom is 0.149 e. The maximum absolute atomic E-state index is 6.00. The number of anilines is 1. The topological polar surface area (TPSA) is 58.3 Å². The summed E-state index contributed by atoms with van der Waals surface area (Å²) < 4.78 is 0. The molecule has 1 saturated heterocycles. The fourth-order valence-corrected chi connectivity index (χ4v) is 2.57. The molecule has 20 heavy (non-hydrogen) atoms. The zero-order valence-electron chi connectivity index (χ0n) is 13.3. The average molecular weight is 277 g/mol. The van der Waals surface area contributed by atoms with Crippen molar-refractivity contribution in [2.24, 2.45) is 0 Å². The zero-order valence-corrected chi connectivity index (χ0v) is 13.3. The zero-order chi connectivity index (χ0) is 14.9. The minimum Gasteiger partial charge on any atom is -0.384 e. The van der Waals surface area contributed by atoms with E-state index in [9.17, 15) is 0 Å². The van der Waals surface area contributed by atoms with Crippen molar-refractivity contribution in [2.45, 2.75) is 38.6 Å². The van der Waals surface area contributed by atoms with Crippen molar-refractivity contribution in [3.63, 3.8) is 0 Å². The molecule has 0 saturated carbocycles. The summed E-state index contributed by atoms with van der Waals surface area (Å²) in [6.45, 7) is 9.60. The predicted octanol–water partition coefficient (Wildman–Crippen LogP) is 1.66. The second-order valence-corrected chi connectivity index (χ2v) is 6.90.